The van der Waals surface area contributed by atoms with Crippen molar-refractivity contribution in [3.05, 3.63) is 182 Å². The molecule has 0 atom stereocenters. The molecule has 0 amide bonds. The predicted octanol–water partition coefficient (Wildman–Crippen LogP) is 8.27. The van der Waals surface area contributed by atoms with Crippen molar-refractivity contribution >= 4 is 67.1 Å². The molecule has 6 aromatic rings. The zero-order valence-corrected chi connectivity index (χ0v) is 28.9. The molecule has 0 radical (unpaired) electrons. The topological polar surface area (TPSA) is 0 Å². The summed E-state index contributed by atoms with van der Waals surface area (Å²) in [6.07, 6.45) is 0. The van der Waals surface area contributed by atoms with Gasteiger partial charge in [-0.25, -0.2) is 0 Å². The maximum atomic E-state index is 4.95. The van der Waals surface area contributed by atoms with E-state index in [0.717, 1.165) is 0 Å². The summed E-state index contributed by atoms with van der Waals surface area (Å²) in [5.74, 6) is 0. The molecule has 0 aliphatic rings. The molecule has 0 saturated carbocycles. The summed E-state index contributed by atoms with van der Waals surface area (Å²) in [5, 5.41) is 8.39. The normalized spacial score (nSPS) is 10.0. The van der Waals surface area contributed by atoms with Gasteiger partial charge in [0.2, 0.25) is 0 Å². The van der Waals surface area contributed by atoms with Crippen molar-refractivity contribution in [1.82, 2.24) is 0 Å². The maximum absolute atomic E-state index is 4.95. The molecule has 200 valence electrons. The van der Waals surface area contributed by atoms with E-state index in [2.05, 4.69) is 182 Å². The minimum atomic E-state index is -0.931. The van der Waals surface area contributed by atoms with Crippen LogP contribution in [0.25, 0.3) is 0 Å². The van der Waals surface area contributed by atoms with Crippen LogP contribution in [0.5, 0.6) is 0 Å². The Morgan fingerprint density at radius 3 is 0.512 bits per heavy atom. The summed E-state index contributed by atoms with van der Waals surface area (Å²) >= 11 is -0.931. The minimum absolute atomic E-state index is 0.446. The van der Waals surface area contributed by atoms with Crippen molar-refractivity contribution in [3.8, 4) is 0 Å². The summed E-state index contributed by atoms with van der Waals surface area (Å²) in [6, 6.07) is 64.7. The van der Waals surface area contributed by atoms with Gasteiger partial charge < -0.3 is 0 Å². The predicted molar refractivity (Wildman–Crippen MR) is 182 cm³/mol. The first-order valence-electron chi connectivity index (χ1n) is 13.3. The van der Waals surface area contributed by atoms with E-state index in [0.29, 0.717) is 0 Å². The third kappa shape index (κ3) is 9.72. The molecular weight excluding hydrogens is 631 g/mol. The monoisotopic (exact) mass is 658 g/mol. The molecule has 0 N–H and O–H groups in total. The van der Waals surface area contributed by atoms with Gasteiger partial charge in [-0.2, -0.15) is 0 Å². The van der Waals surface area contributed by atoms with E-state index in [1.807, 2.05) is 0 Å². The molecule has 0 aromatic heterocycles. The number of rotatable bonds is 6. The maximum Gasteiger partial charge on any atom is -0.0134 e. The van der Waals surface area contributed by atoms with Crippen LogP contribution in [0.3, 0.4) is 0 Å². The fraction of sp³-hybridized carbons (Fsp3) is 0. The summed E-state index contributed by atoms with van der Waals surface area (Å²) in [4.78, 5) is 0. The van der Waals surface area contributed by atoms with Crippen LogP contribution in [-0.2, 0) is 15.1 Å². The molecule has 0 spiro atoms. The molecule has 0 nitrogen and oxygen atoms in total. The van der Waals surface area contributed by atoms with Gasteiger partial charge in [-0.1, -0.05) is 182 Å². The fourth-order valence-corrected chi connectivity index (χ4v) is 8.97. The third-order valence-electron chi connectivity index (χ3n) is 6.09. The number of hydrogen-bond acceptors (Lipinski definition) is 0. The Bertz CT molecular complexity index is 1200. The Labute approximate surface area is 262 Å². The molecule has 0 aliphatic heterocycles. The second-order valence-electron chi connectivity index (χ2n) is 8.79. The summed E-state index contributed by atoms with van der Waals surface area (Å²) in [6.45, 7) is 0. The molecule has 0 unspecified atom stereocenters. The fourth-order valence-electron chi connectivity index (χ4n) is 4.36. The van der Waals surface area contributed by atoms with Gasteiger partial charge in [0.05, 0.1) is 0 Å². The molecule has 0 saturated heterocycles. The average Bonchev–Trinajstić information content (AvgIpc) is 3.05. The van der Waals surface area contributed by atoms with Crippen molar-refractivity contribution in [2.45, 2.75) is 0 Å². The zero-order chi connectivity index (χ0) is 28.5. The standard InChI is InChI=1S/2C18H15P.2ClH.Zn/c2*1-4-10-16(11-5-1)19(17-12-6-2-7-13-17)18-14-8-3-9-15-18;;;/h2*1-15H;2*1H;/q;;;;+2/p-2. The van der Waals surface area contributed by atoms with Crippen LogP contribution in [0, 0.1) is 0 Å². The summed E-state index contributed by atoms with van der Waals surface area (Å²) in [5.41, 5.74) is 0. The molecule has 41 heavy (non-hydrogen) atoms. The van der Waals surface area contributed by atoms with Crippen LogP contribution in [0.2, 0.25) is 0 Å². The van der Waals surface area contributed by atoms with Gasteiger partial charge in [0.1, 0.15) is 0 Å². The molecule has 6 aromatic carbocycles. The first-order valence-corrected chi connectivity index (χ1v) is 23.8. The van der Waals surface area contributed by atoms with Crippen molar-refractivity contribution in [1.29, 1.82) is 0 Å². The van der Waals surface area contributed by atoms with Crippen LogP contribution in [-0.4, -0.2) is 0 Å². The Morgan fingerprint density at radius 2 is 0.390 bits per heavy atom. The Morgan fingerprint density at radius 1 is 0.268 bits per heavy atom. The van der Waals surface area contributed by atoms with Crippen LogP contribution in [0.1, 0.15) is 0 Å². The first-order chi connectivity index (χ1) is 20.3. The van der Waals surface area contributed by atoms with Gasteiger partial charge in [0.15, 0.2) is 0 Å². The molecule has 5 heteroatoms. The van der Waals surface area contributed by atoms with Crippen LogP contribution < -0.4 is 31.8 Å². The van der Waals surface area contributed by atoms with Crippen molar-refractivity contribution in [2.75, 3.05) is 0 Å². The van der Waals surface area contributed by atoms with Crippen LogP contribution in [0.15, 0.2) is 182 Å². The van der Waals surface area contributed by atoms with Gasteiger partial charge >= 0.3 is 34.5 Å². The largest absolute Gasteiger partial charge is 0.0622 e. The van der Waals surface area contributed by atoms with Gasteiger partial charge in [0, 0.05) is 0 Å². The van der Waals surface area contributed by atoms with Gasteiger partial charge in [-0.05, 0) is 47.7 Å². The van der Waals surface area contributed by atoms with Gasteiger partial charge in [-0.3, -0.25) is 0 Å². The third-order valence-corrected chi connectivity index (χ3v) is 11.0. The zero-order valence-electron chi connectivity index (χ0n) is 22.7. The number of benzene rings is 6. The molecule has 0 bridgehead atoms. The number of halogens is 2. The van der Waals surface area contributed by atoms with Crippen LogP contribution in [0.4, 0.5) is 0 Å². The number of hydrogen-bond donors (Lipinski definition) is 0. The summed E-state index contributed by atoms with van der Waals surface area (Å²) < 4.78 is 0. The van der Waals surface area contributed by atoms with Gasteiger partial charge in [-0.15, -0.1) is 0 Å². The van der Waals surface area contributed by atoms with Crippen molar-refractivity contribution < 1.29 is 15.1 Å². The molecule has 0 fully saturated rings. The molecular formula is C36H30Cl2P2Zn. The Balaban J connectivity index is 0.000000173. The molecule has 0 heterocycles. The summed E-state index contributed by atoms with van der Waals surface area (Å²) in [7, 11) is 9.01. The first kappa shape index (κ1) is 31.3. The van der Waals surface area contributed by atoms with E-state index >= 15 is 0 Å². The molecule has 0 aliphatic carbocycles. The Kier molecular flexibility index (Phi) is 13.8. The quantitative estimate of drug-likeness (QED) is 0.125. The van der Waals surface area contributed by atoms with Crippen molar-refractivity contribution in [2.24, 2.45) is 0 Å². The van der Waals surface area contributed by atoms with Crippen molar-refractivity contribution in [3.63, 3.8) is 0 Å². The Hall–Kier alpha value is -2.62. The van der Waals surface area contributed by atoms with E-state index in [1.165, 1.54) is 31.8 Å². The minimum Gasteiger partial charge on any atom is -0.0622 e. The van der Waals surface area contributed by atoms with Gasteiger partial charge in [0.25, 0.3) is 0 Å². The second-order valence-corrected chi connectivity index (χ2v) is 17.8. The van der Waals surface area contributed by atoms with E-state index in [-0.39, 0.29) is 0 Å². The SMILES string of the molecule is [Cl][Zn][Cl].c1ccc(P(c2ccccc2)c2ccccc2)cc1.c1ccc(P(c2ccccc2)c2ccccc2)cc1. The average molecular weight is 661 g/mol. The van der Waals surface area contributed by atoms with E-state index in [9.17, 15) is 0 Å². The smallest absolute Gasteiger partial charge is 0.0134 e. The van der Waals surface area contributed by atoms with E-state index in [1.54, 1.807) is 0 Å². The van der Waals surface area contributed by atoms with E-state index in [4.69, 9.17) is 19.4 Å². The molecule has 6 rings (SSSR count). The van der Waals surface area contributed by atoms with E-state index < -0.39 is 31.0 Å². The van der Waals surface area contributed by atoms with Crippen LogP contribution >= 0.6 is 35.2 Å². The second kappa shape index (κ2) is 18.0.